The molecule has 0 radical (unpaired) electrons. The first-order valence-corrected chi connectivity index (χ1v) is 8.21. The summed E-state index contributed by atoms with van der Waals surface area (Å²) in [5, 5.41) is 36.9. The number of carbonyl (C=O) groups is 1. The van der Waals surface area contributed by atoms with E-state index >= 15 is 0 Å². The van der Waals surface area contributed by atoms with Crippen molar-refractivity contribution in [2.75, 3.05) is 0 Å². The topological polar surface area (TPSA) is 98.0 Å². The molecule has 4 N–H and O–H groups in total. The maximum absolute atomic E-state index is 10.3. The van der Waals surface area contributed by atoms with Gasteiger partial charge in [-0.1, -0.05) is 48.8 Å². The molecule has 0 spiro atoms. The molecule has 0 aromatic rings. The molecule has 0 aromatic carbocycles. The Morgan fingerprint density at radius 1 is 1.04 bits per heavy atom. The smallest absolute Gasteiger partial charge is 0.303 e. The molecule has 0 aliphatic carbocycles. The number of carboxylic acids is 1. The lowest BCUT2D eigenvalue weighted by atomic mass is 10.1. The van der Waals surface area contributed by atoms with Crippen LogP contribution in [0.2, 0.25) is 0 Å². The Morgan fingerprint density at radius 3 is 2.48 bits per heavy atom. The molecule has 5 nitrogen and oxygen atoms in total. The van der Waals surface area contributed by atoms with E-state index in [2.05, 4.69) is 23.7 Å². The van der Waals surface area contributed by atoms with Gasteiger partial charge in [-0.25, -0.2) is 0 Å². The summed E-state index contributed by atoms with van der Waals surface area (Å²) in [6.45, 7) is 1.87. The highest BCUT2D eigenvalue weighted by Crippen LogP contribution is 1.99. The lowest BCUT2D eigenvalue weighted by Gasteiger charge is -1.99. The van der Waals surface area contributed by atoms with Gasteiger partial charge < -0.3 is 20.4 Å². The first-order chi connectivity index (χ1) is 12.0. The van der Waals surface area contributed by atoms with Crippen LogP contribution in [0.5, 0.6) is 0 Å². The Labute approximate surface area is 149 Å². The monoisotopic (exact) mass is 346 g/mol. The van der Waals surface area contributed by atoms with E-state index in [-0.39, 0.29) is 12.8 Å². The molecule has 0 heterocycles. The lowest BCUT2D eigenvalue weighted by Crippen LogP contribution is -2.04. The van der Waals surface area contributed by atoms with Gasteiger partial charge in [0.05, 0.1) is 12.2 Å². The Bertz CT molecular complexity index is 581. The second-order valence-corrected chi connectivity index (χ2v) is 5.26. The second-order valence-electron chi connectivity index (χ2n) is 5.26. The maximum atomic E-state index is 10.3. The molecule has 3 atom stereocenters. The van der Waals surface area contributed by atoms with Crippen molar-refractivity contribution in [2.45, 2.75) is 57.3 Å². The number of aliphatic hydroxyl groups excluding tert-OH is 3. The van der Waals surface area contributed by atoms with Gasteiger partial charge in [0.25, 0.3) is 0 Å². The van der Waals surface area contributed by atoms with Gasteiger partial charge in [0.15, 0.2) is 0 Å². The quantitative estimate of drug-likeness (QED) is 0.377. The van der Waals surface area contributed by atoms with Crippen LogP contribution in [0.3, 0.4) is 0 Å². The third kappa shape index (κ3) is 16.3. The molecule has 0 aliphatic rings. The third-order valence-electron chi connectivity index (χ3n) is 2.98. The zero-order valence-electron chi connectivity index (χ0n) is 14.4. The first-order valence-electron chi connectivity index (χ1n) is 8.21. The van der Waals surface area contributed by atoms with Gasteiger partial charge in [-0.2, -0.15) is 0 Å². The van der Waals surface area contributed by atoms with Crippen molar-refractivity contribution in [3.8, 4) is 23.7 Å². The van der Waals surface area contributed by atoms with Crippen molar-refractivity contribution in [1.82, 2.24) is 0 Å². The second kappa shape index (κ2) is 15.2. The molecule has 0 aliphatic heterocycles. The summed E-state index contributed by atoms with van der Waals surface area (Å²) in [6, 6.07) is 0. The van der Waals surface area contributed by atoms with E-state index in [1.54, 1.807) is 30.4 Å². The summed E-state index contributed by atoms with van der Waals surface area (Å²) < 4.78 is 0. The van der Waals surface area contributed by atoms with Gasteiger partial charge in [0, 0.05) is 12.8 Å². The molecule has 0 bridgehead atoms. The molecular weight excluding hydrogens is 320 g/mol. The largest absolute Gasteiger partial charge is 0.481 e. The van der Waals surface area contributed by atoms with Gasteiger partial charge in [-0.15, -0.1) is 0 Å². The van der Waals surface area contributed by atoms with Crippen LogP contribution in [0, 0.1) is 23.7 Å². The minimum Gasteiger partial charge on any atom is -0.481 e. The molecule has 0 aromatic heterocycles. The van der Waals surface area contributed by atoms with Crippen LogP contribution in [0.1, 0.15) is 39.0 Å². The van der Waals surface area contributed by atoms with E-state index in [1.807, 2.05) is 6.92 Å². The average molecular weight is 346 g/mol. The van der Waals surface area contributed by atoms with Crippen molar-refractivity contribution in [1.29, 1.82) is 0 Å². The molecule has 0 saturated heterocycles. The normalized spacial score (nSPS) is 14.7. The molecular formula is C20H26O5. The maximum Gasteiger partial charge on any atom is 0.303 e. The summed E-state index contributed by atoms with van der Waals surface area (Å²) in [5.74, 6) is 9.87. The van der Waals surface area contributed by atoms with Gasteiger partial charge >= 0.3 is 5.97 Å². The van der Waals surface area contributed by atoms with E-state index in [9.17, 15) is 20.1 Å². The van der Waals surface area contributed by atoms with E-state index < -0.39 is 24.3 Å². The highest BCUT2D eigenvalue weighted by atomic mass is 16.4. The summed E-state index contributed by atoms with van der Waals surface area (Å²) in [4.78, 5) is 10.3. The fraction of sp³-hybridized carbons (Fsp3) is 0.450. The molecule has 136 valence electrons. The Kier molecular flexibility index (Phi) is 13.8. The van der Waals surface area contributed by atoms with Gasteiger partial charge in [-0.05, 0) is 37.5 Å². The van der Waals surface area contributed by atoms with Crippen LogP contribution < -0.4 is 0 Å². The molecule has 25 heavy (non-hydrogen) atoms. The Morgan fingerprint density at radius 2 is 1.80 bits per heavy atom. The number of aliphatic hydroxyl groups is 3. The molecule has 0 rings (SSSR count). The van der Waals surface area contributed by atoms with Crippen molar-refractivity contribution < 1.29 is 25.2 Å². The van der Waals surface area contributed by atoms with Crippen molar-refractivity contribution in [2.24, 2.45) is 0 Å². The molecule has 3 unspecified atom stereocenters. The van der Waals surface area contributed by atoms with Gasteiger partial charge in [0.2, 0.25) is 0 Å². The van der Waals surface area contributed by atoms with Crippen LogP contribution in [-0.4, -0.2) is 44.7 Å². The van der Waals surface area contributed by atoms with E-state index in [0.717, 1.165) is 0 Å². The van der Waals surface area contributed by atoms with Gasteiger partial charge in [0.1, 0.15) is 6.10 Å². The van der Waals surface area contributed by atoms with Crippen molar-refractivity contribution in [3.05, 3.63) is 36.5 Å². The standard InChI is InChI=1S/C20H26O5/c1-2-17(21)11-8-5-9-14-18(22)12-6-3-4-7-13-19(23)15-10-16-20(24)25/h3-4,6,8,11-12,17-19,21-23H,2,10,14-16H2,1H3,(H,24,25). The first kappa shape index (κ1) is 22.7. The van der Waals surface area contributed by atoms with Gasteiger partial charge in [-0.3, -0.25) is 4.79 Å². The fourth-order valence-corrected chi connectivity index (χ4v) is 1.54. The fourth-order valence-electron chi connectivity index (χ4n) is 1.54. The average Bonchev–Trinajstić information content (AvgIpc) is 2.57. The highest BCUT2D eigenvalue weighted by Gasteiger charge is 2.01. The molecule has 5 heteroatoms. The van der Waals surface area contributed by atoms with Crippen LogP contribution in [-0.2, 0) is 4.79 Å². The minimum absolute atomic E-state index is 0.0209. The van der Waals surface area contributed by atoms with Crippen LogP contribution >= 0.6 is 0 Å². The number of allylic oxidation sites excluding steroid dienone is 4. The molecule has 0 saturated carbocycles. The SMILES string of the molecule is CCC(O)C=CC#CCC(O)C=CC=CC#CC(O)CCCC(=O)O. The van der Waals surface area contributed by atoms with Crippen LogP contribution in [0.15, 0.2) is 36.5 Å². The van der Waals surface area contributed by atoms with E-state index in [1.165, 1.54) is 6.08 Å². The number of hydrogen-bond donors (Lipinski definition) is 4. The molecule has 0 fully saturated rings. The zero-order chi connectivity index (χ0) is 18.9. The number of carboxylic acid groups (broad SMARTS) is 1. The van der Waals surface area contributed by atoms with E-state index in [4.69, 9.17) is 5.11 Å². The minimum atomic E-state index is -0.886. The number of aliphatic carboxylic acids is 1. The van der Waals surface area contributed by atoms with Crippen LogP contribution in [0.4, 0.5) is 0 Å². The molecule has 0 amide bonds. The Hall–Kier alpha value is -2.31. The number of hydrogen-bond acceptors (Lipinski definition) is 4. The lowest BCUT2D eigenvalue weighted by molar-refractivity contribution is -0.137. The van der Waals surface area contributed by atoms with Crippen molar-refractivity contribution >= 4 is 5.97 Å². The predicted octanol–water partition coefficient (Wildman–Crippen LogP) is 1.80. The summed E-state index contributed by atoms with van der Waals surface area (Å²) in [5.41, 5.74) is 0. The summed E-state index contributed by atoms with van der Waals surface area (Å²) in [6.07, 6.45) is 9.17. The summed E-state index contributed by atoms with van der Waals surface area (Å²) in [7, 11) is 0. The summed E-state index contributed by atoms with van der Waals surface area (Å²) >= 11 is 0. The number of rotatable bonds is 9. The van der Waals surface area contributed by atoms with E-state index in [0.29, 0.717) is 19.3 Å². The zero-order valence-corrected chi connectivity index (χ0v) is 14.4. The van der Waals surface area contributed by atoms with Crippen molar-refractivity contribution in [3.63, 3.8) is 0 Å². The van der Waals surface area contributed by atoms with Crippen LogP contribution in [0.25, 0.3) is 0 Å². The Balaban J connectivity index is 4.04. The highest BCUT2D eigenvalue weighted by molar-refractivity contribution is 5.66. The third-order valence-corrected chi connectivity index (χ3v) is 2.98. The predicted molar refractivity (Wildman–Crippen MR) is 97.4 cm³/mol.